The monoisotopic (exact) mass is 240 g/mol. The van der Waals surface area contributed by atoms with Crippen LogP contribution in [0.4, 0.5) is 0 Å². The molecule has 1 aliphatic carbocycles. The molecule has 0 aromatic carbocycles. The minimum absolute atomic E-state index is 0.193. The van der Waals surface area contributed by atoms with Gasteiger partial charge >= 0.3 is 0 Å². The Morgan fingerprint density at radius 2 is 1.94 bits per heavy atom. The van der Waals surface area contributed by atoms with Crippen LogP contribution in [0.3, 0.4) is 0 Å². The number of rotatable bonds is 5. The maximum atomic E-state index is 11.8. The van der Waals surface area contributed by atoms with Gasteiger partial charge in [0.15, 0.2) is 0 Å². The largest absolute Gasteiger partial charge is 0.368 e. The zero-order valence-electron chi connectivity index (χ0n) is 10.9. The number of likely N-dealkylation sites (N-methyl/N-ethyl adjacent to an activating group) is 2. The fourth-order valence-corrected chi connectivity index (χ4v) is 2.75. The summed E-state index contributed by atoms with van der Waals surface area (Å²) in [5, 5.41) is 3.21. The van der Waals surface area contributed by atoms with Crippen LogP contribution in [0.2, 0.25) is 0 Å². The Bertz CT molecular complexity index is 284. The Morgan fingerprint density at radius 1 is 1.35 bits per heavy atom. The molecule has 5 heteroatoms. The molecule has 2 rings (SSSR count). The second kappa shape index (κ2) is 4.92. The fraction of sp³-hybridized carbons (Fsp3) is 0.917. The predicted octanol–water partition coefficient (Wildman–Crippen LogP) is -0.913. The Morgan fingerprint density at radius 3 is 2.35 bits per heavy atom. The number of primary amides is 1. The van der Waals surface area contributed by atoms with E-state index in [0.29, 0.717) is 5.92 Å². The third-order valence-corrected chi connectivity index (χ3v) is 4.23. The van der Waals surface area contributed by atoms with Crippen molar-refractivity contribution in [2.24, 2.45) is 11.7 Å². The Hall–Kier alpha value is -0.650. The first kappa shape index (κ1) is 12.8. The highest BCUT2D eigenvalue weighted by molar-refractivity contribution is 5.86. The van der Waals surface area contributed by atoms with Gasteiger partial charge in [-0.05, 0) is 32.9 Å². The van der Waals surface area contributed by atoms with Crippen LogP contribution >= 0.6 is 0 Å². The molecular formula is C12H24N4O. The first-order valence-corrected chi connectivity index (χ1v) is 6.48. The highest BCUT2D eigenvalue weighted by Crippen LogP contribution is 2.40. The van der Waals surface area contributed by atoms with Crippen LogP contribution in [0, 0.1) is 5.92 Å². The molecule has 1 saturated heterocycles. The molecule has 0 aromatic heterocycles. The first-order valence-electron chi connectivity index (χ1n) is 6.48. The third kappa shape index (κ3) is 2.61. The van der Waals surface area contributed by atoms with Crippen molar-refractivity contribution in [3.63, 3.8) is 0 Å². The van der Waals surface area contributed by atoms with Crippen molar-refractivity contribution in [3.05, 3.63) is 0 Å². The van der Waals surface area contributed by atoms with E-state index in [9.17, 15) is 4.79 Å². The Labute approximate surface area is 103 Å². The first-order chi connectivity index (χ1) is 8.08. The lowest BCUT2D eigenvalue weighted by Gasteiger charge is -2.39. The zero-order valence-corrected chi connectivity index (χ0v) is 10.9. The van der Waals surface area contributed by atoms with E-state index < -0.39 is 5.54 Å². The molecule has 2 fully saturated rings. The maximum absolute atomic E-state index is 11.8. The summed E-state index contributed by atoms with van der Waals surface area (Å²) >= 11 is 0. The lowest BCUT2D eigenvalue weighted by atomic mass is 9.91. The molecule has 98 valence electrons. The lowest BCUT2D eigenvalue weighted by molar-refractivity contribution is -0.126. The van der Waals surface area contributed by atoms with Gasteiger partial charge < -0.3 is 16.0 Å². The van der Waals surface area contributed by atoms with Crippen molar-refractivity contribution in [2.75, 3.05) is 46.8 Å². The van der Waals surface area contributed by atoms with Crippen molar-refractivity contribution in [1.29, 1.82) is 0 Å². The summed E-state index contributed by atoms with van der Waals surface area (Å²) in [4.78, 5) is 16.5. The summed E-state index contributed by atoms with van der Waals surface area (Å²) in [7, 11) is 4.00. The second-order valence-electron chi connectivity index (χ2n) is 5.44. The molecule has 2 aliphatic rings. The number of hydrogen-bond acceptors (Lipinski definition) is 4. The van der Waals surface area contributed by atoms with Gasteiger partial charge in [0.1, 0.15) is 5.54 Å². The standard InChI is InChI=1S/C12H24N4O/c1-14-12(11(13)17,10-3-4-10)9-16-7-5-15(2)6-8-16/h10,14H,3-9H2,1-2H3,(H2,13,17). The lowest BCUT2D eigenvalue weighted by Crippen LogP contribution is -2.63. The van der Waals surface area contributed by atoms with E-state index in [-0.39, 0.29) is 5.91 Å². The molecule has 3 N–H and O–H groups in total. The van der Waals surface area contributed by atoms with Crippen LogP contribution in [-0.4, -0.2) is 68.1 Å². The summed E-state index contributed by atoms with van der Waals surface area (Å²) in [6.45, 7) is 4.96. The number of nitrogens with two attached hydrogens (primary N) is 1. The average Bonchev–Trinajstić information content (AvgIpc) is 3.12. The molecule has 0 aromatic rings. The minimum atomic E-state index is -0.504. The van der Waals surface area contributed by atoms with Gasteiger partial charge in [-0.15, -0.1) is 0 Å². The molecule has 0 radical (unpaired) electrons. The smallest absolute Gasteiger partial charge is 0.239 e. The Kier molecular flexibility index (Phi) is 3.70. The number of nitrogens with zero attached hydrogens (tertiary/aromatic N) is 2. The highest BCUT2D eigenvalue weighted by atomic mass is 16.1. The minimum Gasteiger partial charge on any atom is -0.368 e. The summed E-state index contributed by atoms with van der Waals surface area (Å²) < 4.78 is 0. The van der Waals surface area contributed by atoms with Crippen molar-refractivity contribution in [1.82, 2.24) is 15.1 Å². The molecule has 1 saturated carbocycles. The predicted molar refractivity (Wildman–Crippen MR) is 67.6 cm³/mol. The Balaban J connectivity index is 2.00. The number of carbonyl (C=O) groups is 1. The topological polar surface area (TPSA) is 61.6 Å². The summed E-state index contributed by atoms with van der Waals surface area (Å²) in [6.07, 6.45) is 2.25. The SMILES string of the molecule is CNC(CN1CCN(C)CC1)(C(N)=O)C1CC1. The van der Waals surface area contributed by atoms with Crippen LogP contribution in [0.15, 0.2) is 0 Å². The number of amides is 1. The van der Waals surface area contributed by atoms with Crippen LogP contribution < -0.4 is 11.1 Å². The van der Waals surface area contributed by atoms with Crippen molar-refractivity contribution in [2.45, 2.75) is 18.4 Å². The molecule has 1 unspecified atom stereocenters. The van der Waals surface area contributed by atoms with Gasteiger partial charge in [-0.3, -0.25) is 9.69 Å². The summed E-state index contributed by atoms with van der Waals surface area (Å²) in [5.41, 5.74) is 5.13. The van der Waals surface area contributed by atoms with Gasteiger partial charge in [-0.1, -0.05) is 0 Å². The molecule has 1 atom stereocenters. The molecular weight excluding hydrogens is 216 g/mol. The van der Waals surface area contributed by atoms with Crippen LogP contribution in [-0.2, 0) is 4.79 Å². The van der Waals surface area contributed by atoms with Crippen molar-refractivity contribution >= 4 is 5.91 Å². The van der Waals surface area contributed by atoms with Crippen LogP contribution in [0.5, 0.6) is 0 Å². The number of carbonyl (C=O) groups excluding carboxylic acids is 1. The molecule has 17 heavy (non-hydrogen) atoms. The van der Waals surface area contributed by atoms with E-state index in [1.807, 2.05) is 7.05 Å². The van der Waals surface area contributed by atoms with E-state index in [1.54, 1.807) is 0 Å². The van der Waals surface area contributed by atoms with Crippen molar-refractivity contribution in [3.8, 4) is 0 Å². The zero-order chi connectivity index (χ0) is 12.5. The van der Waals surface area contributed by atoms with E-state index in [0.717, 1.165) is 45.6 Å². The molecule has 5 nitrogen and oxygen atoms in total. The second-order valence-corrected chi connectivity index (χ2v) is 5.44. The van der Waals surface area contributed by atoms with Gasteiger partial charge in [0.2, 0.25) is 5.91 Å². The van der Waals surface area contributed by atoms with Crippen molar-refractivity contribution < 1.29 is 4.79 Å². The van der Waals surface area contributed by atoms with Crippen LogP contribution in [0.25, 0.3) is 0 Å². The molecule has 1 amide bonds. The molecule has 0 spiro atoms. The van der Waals surface area contributed by atoms with Gasteiger partial charge in [0, 0.05) is 32.7 Å². The van der Waals surface area contributed by atoms with E-state index in [1.165, 1.54) is 0 Å². The summed E-state index contributed by atoms with van der Waals surface area (Å²) in [5.74, 6) is 0.242. The molecule has 0 bridgehead atoms. The molecule has 1 aliphatic heterocycles. The fourth-order valence-electron chi connectivity index (χ4n) is 2.75. The van der Waals surface area contributed by atoms with E-state index >= 15 is 0 Å². The third-order valence-electron chi connectivity index (χ3n) is 4.23. The quantitative estimate of drug-likeness (QED) is 0.653. The van der Waals surface area contributed by atoms with E-state index in [4.69, 9.17) is 5.73 Å². The molecule has 1 heterocycles. The normalized spacial score (nSPS) is 26.7. The van der Waals surface area contributed by atoms with Gasteiger partial charge in [-0.25, -0.2) is 0 Å². The highest BCUT2D eigenvalue weighted by Gasteiger charge is 2.49. The number of hydrogen-bond donors (Lipinski definition) is 2. The van der Waals surface area contributed by atoms with E-state index in [2.05, 4.69) is 22.2 Å². The summed E-state index contributed by atoms with van der Waals surface area (Å²) in [6, 6.07) is 0. The average molecular weight is 240 g/mol. The number of nitrogens with one attached hydrogen (secondary N) is 1. The van der Waals surface area contributed by atoms with Gasteiger partial charge in [0.25, 0.3) is 0 Å². The van der Waals surface area contributed by atoms with Crippen LogP contribution in [0.1, 0.15) is 12.8 Å². The maximum Gasteiger partial charge on any atom is 0.239 e. The van der Waals surface area contributed by atoms with Gasteiger partial charge in [0.05, 0.1) is 0 Å². The van der Waals surface area contributed by atoms with Gasteiger partial charge in [-0.2, -0.15) is 0 Å². The number of piperazine rings is 1.